The van der Waals surface area contributed by atoms with Crippen LogP contribution < -0.4 is 5.32 Å². The van der Waals surface area contributed by atoms with E-state index in [2.05, 4.69) is 27.2 Å². The van der Waals surface area contributed by atoms with Crippen LogP contribution in [-0.4, -0.2) is 82.4 Å². The fourth-order valence-corrected chi connectivity index (χ4v) is 4.32. The fraction of sp³-hybridized carbons (Fsp3) is 0.750. The molecule has 1 atom stereocenters. The number of hydrogen-bond acceptors (Lipinski definition) is 6. The third kappa shape index (κ3) is 4.64. The standard InChI is InChI=1S/C16H27N5O2S/c1-2-17-15(18-12-16(22)4-10-24-13-16)21-7-5-20(6-8-21)11-14-3-9-23-19-14/h3,9,22H,2,4-8,10-13H2,1H3,(H,17,18). The van der Waals surface area contributed by atoms with Crippen molar-refractivity contribution in [1.82, 2.24) is 20.3 Å². The highest BCUT2D eigenvalue weighted by Crippen LogP contribution is 2.28. The maximum absolute atomic E-state index is 10.5. The maximum Gasteiger partial charge on any atom is 0.194 e. The van der Waals surface area contributed by atoms with Crippen LogP contribution in [0.15, 0.2) is 21.8 Å². The molecule has 0 amide bonds. The number of nitrogens with zero attached hydrogens (tertiary/aromatic N) is 4. The molecule has 3 rings (SSSR count). The van der Waals surface area contributed by atoms with Gasteiger partial charge in [-0.25, -0.2) is 0 Å². The summed E-state index contributed by atoms with van der Waals surface area (Å²) < 4.78 is 4.90. The van der Waals surface area contributed by atoms with Gasteiger partial charge in [0.25, 0.3) is 0 Å². The summed E-state index contributed by atoms with van der Waals surface area (Å²) in [6, 6.07) is 1.91. The maximum atomic E-state index is 10.5. The van der Waals surface area contributed by atoms with E-state index >= 15 is 0 Å². The molecule has 1 unspecified atom stereocenters. The van der Waals surface area contributed by atoms with E-state index in [1.165, 1.54) is 0 Å². The highest BCUT2D eigenvalue weighted by molar-refractivity contribution is 7.99. The Labute approximate surface area is 147 Å². The molecule has 0 aromatic carbocycles. The Hall–Kier alpha value is -1.25. The molecule has 8 heteroatoms. The molecule has 2 aliphatic heterocycles. The van der Waals surface area contributed by atoms with Gasteiger partial charge in [0, 0.05) is 51.1 Å². The van der Waals surface area contributed by atoms with Crippen LogP contribution in [0.25, 0.3) is 0 Å². The first-order chi connectivity index (χ1) is 11.7. The number of guanidine groups is 1. The third-order valence-electron chi connectivity index (χ3n) is 4.49. The van der Waals surface area contributed by atoms with Gasteiger partial charge in [0.1, 0.15) is 6.26 Å². The zero-order valence-corrected chi connectivity index (χ0v) is 15.1. The minimum absolute atomic E-state index is 0.488. The SMILES string of the molecule is CCNC(=NCC1(O)CCSC1)N1CCN(Cc2ccon2)CC1. The first kappa shape index (κ1) is 17.6. The van der Waals surface area contributed by atoms with Gasteiger partial charge < -0.3 is 19.8 Å². The third-order valence-corrected chi connectivity index (χ3v) is 5.72. The molecule has 24 heavy (non-hydrogen) atoms. The lowest BCUT2D eigenvalue weighted by molar-refractivity contribution is 0.0773. The lowest BCUT2D eigenvalue weighted by Gasteiger charge is -2.36. The number of nitrogens with one attached hydrogen (secondary N) is 1. The molecule has 2 aliphatic rings. The lowest BCUT2D eigenvalue weighted by Crippen LogP contribution is -2.52. The first-order valence-corrected chi connectivity index (χ1v) is 9.79. The zero-order valence-electron chi connectivity index (χ0n) is 14.3. The zero-order chi connectivity index (χ0) is 16.8. The summed E-state index contributed by atoms with van der Waals surface area (Å²) in [5.74, 6) is 2.74. The predicted octanol–water partition coefficient (Wildman–Crippen LogP) is 0.626. The number of aliphatic hydroxyl groups is 1. The number of thioether (sulfide) groups is 1. The van der Waals surface area contributed by atoms with Crippen LogP contribution >= 0.6 is 11.8 Å². The molecule has 0 aliphatic carbocycles. The van der Waals surface area contributed by atoms with Crippen LogP contribution in [0, 0.1) is 0 Å². The molecule has 0 bridgehead atoms. The van der Waals surface area contributed by atoms with Gasteiger partial charge in [-0.1, -0.05) is 5.16 Å². The van der Waals surface area contributed by atoms with E-state index < -0.39 is 5.60 Å². The van der Waals surface area contributed by atoms with Gasteiger partial charge in [-0.05, 0) is 19.1 Å². The second kappa shape index (κ2) is 8.22. The van der Waals surface area contributed by atoms with E-state index in [0.717, 1.165) is 68.8 Å². The van der Waals surface area contributed by atoms with Crippen LogP contribution in [0.5, 0.6) is 0 Å². The highest BCUT2D eigenvalue weighted by Gasteiger charge is 2.32. The second-order valence-corrected chi connectivity index (χ2v) is 7.56. The Morgan fingerprint density at radius 1 is 1.46 bits per heavy atom. The number of piperazine rings is 1. The van der Waals surface area contributed by atoms with Gasteiger partial charge >= 0.3 is 0 Å². The van der Waals surface area contributed by atoms with Crippen molar-refractivity contribution < 1.29 is 9.63 Å². The van der Waals surface area contributed by atoms with E-state index in [4.69, 9.17) is 9.52 Å². The lowest BCUT2D eigenvalue weighted by atomic mass is 10.0. The molecular weight excluding hydrogens is 326 g/mol. The van der Waals surface area contributed by atoms with Crippen LogP contribution in [0.2, 0.25) is 0 Å². The molecule has 134 valence electrons. The molecule has 1 aromatic heterocycles. The molecular formula is C16H27N5O2S. The Bertz CT molecular complexity index is 523. The van der Waals surface area contributed by atoms with Gasteiger partial charge in [0.2, 0.25) is 0 Å². The summed E-state index contributed by atoms with van der Waals surface area (Å²) in [6.07, 6.45) is 2.46. The Morgan fingerprint density at radius 2 is 2.29 bits per heavy atom. The van der Waals surface area contributed by atoms with Gasteiger partial charge in [-0.15, -0.1) is 0 Å². The van der Waals surface area contributed by atoms with Crippen molar-refractivity contribution >= 4 is 17.7 Å². The summed E-state index contributed by atoms with van der Waals surface area (Å²) in [6.45, 7) is 8.03. The van der Waals surface area contributed by atoms with Gasteiger partial charge in [-0.2, -0.15) is 11.8 Å². The topological polar surface area (TPSA) is 77.1 Å². The molecule has 3 heterocycles. The highest BCUT2D eigenvalue weighted by atomic mass is 32.2. The van der Waals surface area contributed by atoms with E-state index in [9.17, 15) is 5.11 Å². The summed E-state index contributed by atoms with van der Waals surface area (Å²) in [5.41, 5.74) is 0.352. The van der Waals surface area contributed by atoms with Crippen LogP contribution in [0.3, 0.4) is 0 Å². The van der Waals surface area contributed by atoms with E-state index in [1.807, 2.05) is 17.8 Å². The summed E-state index contributed by atoms with van der Waals surface area (Å²) in [4.78, 5) is 9.37. The predicted molar refractivity (Wildman–Crippen MR) is 96.2 cm³/mol. The van der Waals surface area contributed by atoms with Crippen molar-refractivity contribution in [2.45, 2.75) is 25.5 Å². The fourth-order valence-electron chi connectivity index (χ4n) is 3.04. The monoisotopic (exact) mass is 353 g/mol. The molecule has 7 nitrogen and oxygen atoms in total. The second-order valence-electron chi connectivity index (χ2n) is 6.45. The van der Waals surface area contributed by atoms with Gasteiger partial charge in [0.15, 0.2) is 5.96 Å². The van der Waals surface area contributed by atoms with Gasteiger partial charge in [-0.3, -0.25) is 9.89 Å². The van der Waals surface area contributed by atoms with Crippen LogP contribution in [0.1, 0.15) is 19.0 Å². The average Bonchev–Trinajstić information content (AvgIpc) is 3.25. The van der Waals surface area contributed by atoms with Gasteiger partial charge in [0.05, 0.1) is 17.8 Å². The van der Waals surface area contributed by atoms with Crippen molar-refractivity contribution in [2.24, 2.45) is 4.99 Å². The minimum Gasteiger partial charge on any atom is -0.387 e. The molecule has 1 aromatic rings. The molecule has 2 N–H and O–H groups in total. The van der Waals surface area contributed by atoms with Crippen LogP contribution in [-0.2, 0) is 6.54 Å². The van der Waals surface area contributed by atoms with Crippen molar-refractivity contribution in [3.8, 4) is 0 Å². The quantitative estimate of drug-likeness (QED) is 0.594. The first-order valence-electron chi connectivity index (χ1n) is 8.63. The molecule has 0 saturated carbocycles. The Balaban J connectivity index is 1.53. The average molecular weight is 353 g/mol. The Kier molecular flexibility index (Phi) is 6.02. The number of hydrogen-bond donors (Lipinski definition) is 2. The summed E-state index contributed by atoms with van der Waals surface area (Å²) >= 11 is 1.81. The normalized spacial score (nSPS) is 26.1. The smallest absolute Gasteiger partial charge is 0.194 e. The van der Waals surface area contributed by atoms with E-state index in [1.54, 1.807) is 6.26 Å². The molecule has 0 spiro atoms. The molecule has 2 saturated heterocycles. The number of rotatable bonds is 5. The van der Waals surface area contributed by atoms with Crippen molar-refractivity contribution in [1.29, 1.82) is 0 Å². The van der Waals surface area contributed by atoms with Crippen molar-refractivity contribution in [3.63, 3.8) is 0 Å². The van der Waals surface area contributed by atoms with E-state index in [-0.39, 0.29) is 0 Å². The Morgan fingerprint density at radius 3 is 2.92 bits per heavy atom. The van der Waals surface area contributed by atoms with Crippen LogP contribution in [0.4, 0.5) is 0 Å². The summed E-state index contributed by atoms with van der Waals surface area (Å²) in [5, 5.41) is 17.8. The summed E-state index contributed by atoms with van der Waals surface area (Å²) in [7, 11) is 0. The number of aliphatic imine (C=N–C) groups is 1. The minimum atomic E-state index is -0.625. The number of aromatic nitrogens is 1. The van der Waals surface area contributed by atoms with Crippen molar-refractivity contribution in [2.75, 3.05) is 50.8 Å². The van der Waals surface area contributed by atoms with E-state index in [0.29, 0.717) is 6.54 Å². The largest absolute Gasteiger partial charge is 0.387 e. The van der Waals surface area contributed by atoms with Crippen molar-refractivity contribution in [3.05, 3.63) is 18.0 Å². The molecule has 2 fully saturated rings. The molecule has 0 radical (unpaired) electrons.